The van der Waals surface area contributed by atoms with Crippen molar-refractivity contribution in [2.45, 2.75) is 20.0 Å². The van der Waals surface area contributed by atoms with Gasteiger partial charge in [-0.3, -0.25) is 4.57 Å². The van der Waals surface area contributed by atoms with Crippen molar-refractivity contribution >= 4 is 18.9 Å². The van der Waals surface area contributed by atoms with Crippen molar-refractivity contribution in [1.29, 1.82) is 5.26 Å². The maximum Gasteiger partial charge on any atom is 0.335 e. The highest BCUT2D eigenvalue weighted by Gasteiger charge is 2.24. The van der Waals surface area contributed by atoms with Crippen LogP contribution in [0.15, 0.2) is 12.1 Å². The Hall–Kier alpha value is -0.660. The lowest BCUT2D eigenvalue weighted by Gasteiger charge is -2.15. The van der Waals surface area contributed by atoms with Crippen LogP contribution in [0, 0.1) is 11.3 Å². The molecule has 0 amide bonds. The summed E-state index contributed by atoms with van der Waals surface area (Å²) in [6, 6.07) is 5.54. The van der Waals surface area contributed by atoms with Gasteiger partial charge in [-0.2, -0.15) is 5.26 Å². The number of hydrogen-bond acceptors (Lipinski definition) is 5. The molecule has 0 aromatic carbocycles. The standard InChI is InChI=1S/C10H14NO3PS/c1-3-13-15(12,14-4-2)8-10-6-5-9(7-11)16-10/h5-6H,3-4,8H2,1-2H3. The van der Waals surface area contributed by atoms with Crippen molar-refractivity contribution in [1.82, 2.24) is 0 Å². The maximum absolute atomic E-state index is 12.2. The van der Waals surface area contributed by atoms with Gasteiger partial charge in [0.05, 0.1) is 19.4 Å². The van der Waals surface area contributed by atoms with Crippen LogP contribution >= 0.6 is 18.9 Å². The lowest BCUT2D eigenvalue weighted by molar-refractivity contribution is 0.219. The Morgan fingerprint density at radius 2 is 2.00 bits per heavy atom. The van der Waals surface area contributed by atoms with Crippen molar-refractivity contribution < 1.29 is 13.6 Å². The first-order valence-corrected chi connectivity index (χ1v) is 7.55. The summed E-state index contributed by atoms with van der Waals surface area (Å²) >= 11 is 1.32. The number of rotatable bonds is 6. The second-order valence-electron chi connectivity index (χ2n) is 2.98. The number of thiophene rings is 1. The zero-order valence-electron chi connectivity index (χ0n) is 9.30. The smallest absolute Gasteiger partial charge is 0.309 e. The number of hydrogen-bond donors (Lipinski definition) is 0. The molecule has 0 saturated carbocycles. The van der Waals surface area contributed by atoms with Gasteiger partial charge >= 0.3 is 7.60 Å². The maximum atomic E-state index is 12.2. The largest absolute Gasteiger partial charge is 0.335 e. The average Bonchev–Trinajstić information content (AvgIpc) is 2.65. The summed E-state index contributed by atoms with van der Waals surface area (Å²) < 4.78 is 22.5. The Bertz CT molecular complexity index is 414. The third-order valence-corrected chi connectivity index (χ3v) is 5.01. The summed E-state index contributed by atoms with van der Waals surface area (Å²) in [6.45, 7) is 4.27. The van der Waals surface area contributed by atoms with Crippen LogP contribution in [0.4, 0.5) is 0 Å². The molecule has 16 heavy (non-hydrogen) atoms. The molecule has 1 aromatic heterocycles. The molecule has 0 bridgehead atoms. The van der Waals surface area contributed by atoms with Crippen LogP contribution in [-0.2, 0) is 19.8 Å². The van der Waals surface area contributed by atoms with Gasteiger partial charge in [0.2, 0.25) is 0 Å². The summed E-state index contributed by atoms with van der Waals surface area (Å²) in [5.41, 5.74) is 0. The van der Waals surface area contributed by atoms with Gasteiger partial charge in [0.1, 0.15) is 10.9 Å². The first-order chi connectivity index (χ1) is 7.63. The Kier molecular flexibility index (Phi) is 5.17. The highest BCUT2D eigenvalue weighted by atomic mass is 32.1. The first kappa shape index (κ1) is 13.4. The molecule has 0 N–H and O–H groups in total. The zero-order chi connectivity index (χ0) is 12.0. The Morgan fingerprint density at radius 1 is 1.38 bits per heavy atom. The zero-order valence-corrected chi connectivity index (χ0v) is 11.0. The number of nitriles is 1. The van der Waals surface area contributed by atoms with Crippen molar-refractivity contribution in [3.63, 3.8) is 0 Å². The minimum absolute atomic E-state index is 0.237. The van der Waals surface area contributed by atoms with Crippen LogP contribution in [0.5, 0.6) is 0 Å². The second kappa shape index (κ2) is 6.17. The molecule has 1 rings (SSSR count). The molecule has 0 unspecified atom stereocenters. The average molecular weight is 259 g/mol. The van der Waals surface area contributed by atoms with E-state index >= 15 is 0 Å². The van der Waals surface area contributed by atoms with Crippen LogP contribution in [0.3, 0.4) is 0 Å². The van der Waals surface area contributed by atoms with Crippen LogP contribution in [-0.4, -0.2) is 13.2 Å². The monoisotopic (exact) mass is 259 g/mol. The predicted octanol–water partition coefficient (Wildman–Crippen LogP) is 3.39. The Morgan fingerprint density at radius 3 is 2.44 bits per heavy atom. The van der Waals surface area contributed by atoms with E-state index in [0.717, 1.165) is 4.88 Å². The molecule has 1 heterocycles. The minimum Gasteiger partial charge on any atom is -0.309 e. The summed E-state index contributed by atoms with van der Waals surface area (Å²) in [5.74, 6) is 0. The summed E-state index contributed by atoms with van der Waals surface area (Å²) in [7, 11) is -3.04. The Balaban J connectivity index is 2.75. The molecular formula is C10H14NO3PS. The van der Waals surface area contributed by atoms with E-state index in [0.29, 0.717) is 18.1 Å². The predicted molar refractivity (Wildman–Crippen MR) is 63.6 cm³/mol. The summed E-state index contributed by atoms with van der Waals surface area (Å²) in [4.78, 5) is 1.45. The molecule has 0 saturated heterocycles. The number of nitrogens with zero attached hydrogens (tertiary/aromatic N) is 1. The third-order valence-electron chi connectivity index (χ3n) is 1.77. The molecule has 4 nitrogen and oxygen atoms in total. The molecule has 0 aliphatic carbocycles. The van der Waals surface area contributed by atoms with Crippen molar-refractivity contribution in [2.75, 3.05) is 13.2 Å². The first-order valence-electron chi connectivity index (χ1n) is 5.00. The van der Waals surface area contributed by atoms with Gasteiger partial charge in [0.25, 0.3) is 0 Å². The molecule has 0 fully saturated rings. The van der Waals surface area contributed by atoms with Crippen molar-refractivity contribution in [3.8, 4) is 6.07 Å². The van der Waals surface area contributed by atoms with E-state index in [1.807, 2.05) is 6.07 Å². The van der Waals surface area contributed by atoms with E-state index in [4.69, 9.17) is 14.3 Å². The van der Waals surface area contributed by atoms with Crippen molar-refractivity contribution in [2.24, 2.45) is 0 Å². The molecule has 6 heteroatoms. The minimum atomic E-state index is -3.04. The summed E-state index contributed by atoms with van der Waals surface area (Å²) in [6.07, 6.45) is 0.237. The van der Waals surface area contributed by atoms with Crippen LogP contribution < -0.4 is 0 Å². The van der Waals surface area contributed by atoms with E-state index in [1.54, 1.807) is 26.0 Å². The highest BCUT2D eigenvalue weighted by Crippen LogP contribution is 2.52. The molecular weight excluding hydrogens is 245 g/mol. The van der Waals surface area contributed by atoms with Gasteiger partial charge in [-0.25, -0.2) is 0 Å². The van der Waals surface area contributed by atoms with Gasteiger partial charge in [-0.1, -0.05) is 0 Å². The normalized spacial score (nSPS) is 11.3. The van der Waals surface area contributed by atoms with Gasteiger partial charge < -0.3 is 9.05 Å². The molecule has 0 aliphatic heterocycles. The van der Waals surface area contributed by atoms with Gasteiger partial charge in [0, 0.05) is 4.88 Å². The van der Waals surface area contributed by atoms with Crippen molar-refractivity contribution in [3.05, 3.63) is 21.9 Å². The van der Waals surface area contributed by atoms with Gasteiger partial charge in [-0.15, -0.1) is 11.3 Å². The van der Waals surface area contributed by atoms with E-state index in [2.05, 4.69) is 0 Å². The molecule has 0 spiro atoms. The lowest BCUT2D eigenvalue weighted by atomic mass is 10.4. The van der Waals surface area contributed by atoms with E-state index in [-0.39, 0.29) is 6.16 Å². The SMILES string of the molecule is CCOP(=O)(Cc1ccc(C#N)s1)OCC. The van der Waals surface area contributed by atoms with E-state index in [1.165, 1.54) is 11.3 Å². The lowest BCUT2D eigenvalue weighted by Crippen LogP contribution is -1.97. The van der Waals surface area contributed by atoms with Crippen LogP contribution in [0.2, 0.25) is 0 Å². The van der Waals surface area contributed by atoms with E-state index < -0.39 is 7.60 Å². The van der Waals surface area contributed by atoms with Crippen LogP contribution in [0.1, 0.15) is 23.6 Å². The Labute approximate surface area is 99.3 Å². The molecule has 1 aromatic rings. The third kappa shape index (κ3) is 3.73. The topological polar surface area (TPSA) is 59.3 Å². The molecule has 0 aliphatic rings. The second-order valence-corrected chi connectivity index (χ2v) is 6.21. The quantitative estimate of drug-likeness (QED) is 0.735. The molecule has 0 atom stereocenters. The fourth-order valence-corrected chi connectivity index (χ4v) is 4.10. The molecule has 0 radical (unpaired) electrons. The van der Waals surface area contributed by atoms with Gasteiger partial charge in [0.15, 0.2) is 0 Å². The fraction of sp³-hybridized carbons (Fsp3) is 0.500. The molecule has 88 valence electrons. The highest BCUT2D eigenvalue weighted by molar-refractivity contribution is 7.53. The summed E-state index contributed by atoms with van der Waals surface area (Å²) in [5, 5.41) is 8.68. The van der Waals surface area contributed by atoms with Gasteiger partial charge in [-0.05, 0) is 26.0 Å². The van der Waals surface area contributed by atoms with E-state index in [9.17, 15) is 4.57 Å². The fourth-order valence-electron chi connectivity index (χ4n) is 1.24. The van der Waals surface area contributed by atoms with Crippen LogP contribution in [0.25, 0.3) is 0 Å².